The summed E-state index contributed by atoms with van der Waals surface area (Å²) < 4.78 is 1.63. The summed E-state index contributed by atoms with van der Waals surface area (Å²) in [4.78, 5) is 14.4. The fourth-order valence-electron chi connectivity index (χ4n) is 2.89. The molecule has 0 bridgehead atoms. The average Bonchev–Trinajstić information content (AvgIpc) is 2.99. The van der Waals surface area contributed by atoms with E-state index in [1.54, 1.807) is 17.0 Å². The molecule has 0 spiro atoms. The van der Waals surface area contributed by atoms with Crippen LogP contribution in [0.1, 0.15) is 31.2 Å². The largest absolute Gasteiger partial charge is 0.330 e. The number of aromatic nitrogens is 2. The van der Waals surface area contributed by atoms with E-state index in [4.69, 9.17) is 5.73 Å². The molecule has 3 N–H and O–H groups in total. The molecule has 2 aromatic rings. The zero-order valence-electron chi connectivity index (χ0n) is 10.2. The first-order valence-electron chi connectivity index (χ1n) is 6.35. The van der Waals surface area contributed by atoms with Crippen molar-refractivity contribution >= 4 is 0 Å². The van der Waals surface area contributed by atoms with Gasteiger partial charge in [0.1, 0.15) is 0 Å². The number of nitrogens with two attached hydrogens (primary N) is 1. The number of imidazole rings is 1. The number of nitrogens with one attached hydrogen (secondary N) is 1. The third kappa shape index (κ3) is 1.69. The number of H-pyrrole nitrogens is 1. The van der Waals surface area contributed by atoms with E-state index in [9.17, 15) is 4.79 Å². The predicted octanol–water partition coefficient (Wildman–Crippen LogP) is 1.89. The number of rotatable bonds is 2. The maximum Gasteiger partial charge on any atom is 0.330 e. The van der Waals surface area contributed by atoms with Crippen LogP contribution in [-0.2, 0) is 5.54 Å². The van der Waals surface area contributed by atoms with E-state index in [2.05, 4.69) is 4.98 Å². The molecule has 1 heterocycles. The molecular weight excluding hydrogens is 226 g/mol. The van der Waals surface area contributed by atoms with Crippen LogP contribution >= 0.6 is 0 Å². The van der Waals surface area contributed by atoms with Gasteiger partial charge in [0, 0.05) is 17.9 Å². The lowest BCUT2D eigenvalue weighted by Crippen LogP contribution is -2.35. The van der Waals surface area contributed by atoms with Gasteiger partial charge >= 0.3 is 5.69 Å². The minimum absolute atomic E-state index is 0.121. The highest BCUT2D eigenvalue weighted by Gasteiger charge is 2.33. The Balaban J connectivity index is 2.17. The van der Waals surface area contributed by atoms with Crippen LogP contribution in [0.15, 0.2) is 41.5 Å². The Morgan fingerprint density at radius 3 is 2.61 bits per heavy atom. The van der Waals surface area contributed by atoms with E-state index >= 15 is 0 Å². The van der Waals surface area contributed by atoms with Crippen molar-refractivity contribution in [1.29, 1.82) is 0 Å². The lowest BCUT2D eigenvalue weighted by atomic mass is 9.88. The molecule has 0 aliphatic heterocycles. The van der Waals surface area contributed by atoms with Gasteiger partial charge in [-0.05, 0) is 24.5 Å². The van der Waals surface area contributed by atoms with Crippen LogP contribution in [0, 0.1) is 0 Å². The highest BCUT2D eigenvalue weighted by molar-refractivity contribution is 5.45. The molecule has 0 unspecified atom stereocenters. The monoisotopic (exact) mass is 243 g/mol. The van der Waals surface area contributed by atoms with Gasteiger partial charge in [0.2, 0.25) is 0 Å². The number of para-hydroxylation sites is 1. The van der Waals surface area contributed by atoms with Crippen LogP contribution < -0.4 is 11.4 Å². The number of hydrogen-bond acceptors (Lipinski definition) is 2. The number of nitrogens with zero attached hydrogens (tertiary/aromatic N) is 1. The maximum atomic E-state index is 11.8. The average molecular weight is 243 g/mol. The molecule has 0 radical (unpaired) electrons. The van der Waals surface area contributed by atoms with Crippen LogP contribution in [-0.4, -0.2) is 9.55 Å². The Morgan fingerprint density at radius 2 is 1.94 bits per heavy atom. The number of hydrogen-bond donors (Lipinski definition) is 2. The Bertz CT molecular complexity index is 605. The zero-order valence-corrected chi connectivity index (χ0v) is 10.2. The van der Waals surface area contributed by atoms with Crippen LogP contribution in [0.25, 0.3) is 5.69 Å². The van der Waals surface area contributed by atoms with Gasteiger partial charge in [0.15, 0.2) is 0 Å². The van der Waals surface area contributed by atoms with Crippen molar-refractivity contribution in [3.05, 3.63) is 52.7 Å². The fourth-order valence-corrected chi connectivity index (χ4v) is 2.89. The minimum Gasteiger partial charge on any atom is -0.321 e. The first kappa shape index (κ1) is 11.3. The van der Waals surface area contributed by atoms with Gasteiger partial charge < -0.3 is 10.7 Å². The molecule has 1 aromatic heterocycles. The van der Waals surface area contributed by atoms with E-state index in [0.29, 0.717) is 0 Å². The van der Waals surface area contributed by atoms with Gasteiger partial charge in [-0.3, -0.25) is 4.57 Å². The topological polar surface area (TPSA) is 63.8 Å². The molecule has 1 fully saturated rings. The zero-order chi connectivity index (χ0) is 12.6. The van der Waals surface area contributed by atoms with Crippen LogP contribution in [0.5, 0.6) is 0 Å². The van der Waals surface area contributed by atoms with Crippen LogP contribution in [0.3, 0.4) is 0 Å². The normalized spacial score (nSPS) is 18.1. The van der Waals surface area contributed by atoms with Crippen molar-refractivity contribution < 1.29 is 0 Å². The van der Waals surface area contributed by atoms with Crippen LogP contribution in [0.4, 0.5) is 0 Å². The first-order chi connectivity index (χ1) is 8.71. The Labute approximate surface area is 105 Å². The molecule has 0 atom stereocenters. The Morgan fingerprint density at radius 1 is 1.22 bits per heavy atom. The third-order valence-corrected chi connectivity index (χ3v) is 3.84. The third-order valence-electron chi connectivity index (χ3n) is 3.84. The van der Waals surface area contributed by atoms with Crippen molar-refractivity contribution in [3.8, 4) is 5.69 Å². The number of aromatic amines is 1. The summed E-state index contributed by atoms with van der Waals surface area (Å²) in [5.41, 5.74) is 8.08. The van der Waals surface area contributed by atoms with E-state index in [1.165, 1.54) is 0 Å². The second-order valence-corrected chi connectivity index (χ2v) is 5.02. The second kappa shape index (κ2) is 4.14. The highest BCUT2D eigenvalue weighted by Crippen LogP contribution is 2.38. The molecular formula is C14H17N3O. The maximum absolute atomic E-state index is 11.8. The van der Waals surface area contributed by atoms with E-state index in [-0.39, 0.29) is 11.2 Å². The predicted molar refractivity (Wildman–Crippen MR) is 70.7 cm³/mol. The Kier molecular flexibility index (Phi) is 2.59. The molecule has 0 saturated heterocycles. The van der Waals surface area contributed by atoms with E-state index in [1.807, 2.05) is 24.3 Å². The van der Waals surface area contributed by atoms with Crippen molar-refractivity contribution in [2.45, 2.75) is 31.2 Å². The number of benzene rings is 1. The summed E-state index contributed by atoms with van der Waals surface area (Å²) in [6.45, 7) is 0. The van der Waals surface area contributed by atoms with Crippen molar-refractivity contribution in [2.24, 2.45) is 5.73 Å². The highest BCUT2D eigenvalue weighted by atomic mass is 16.1. The summed E-state index contributed by atoms with van der Waals surface area (Å²) in [5, 5.41) is 0. The van der Waals surface area contributed by atoms with Gasteiger partial charge in [-0.1, -0.05) is 31.0 Å². The lowest BCUT2D eigenvalue weighted by Gasteiger charge is -2.26. The SMILES string of the molecule is NC1(c2ccccc2-n2cc[nH]c2=O)CCCC1. The molecule has 4 nitrogen and oxygen atoms in total. The van der Waals surface area contributed by atoms with Gasteiger partial charge in [0.05, 0.1) is 5.69 Å². The van der Waals surface area contributed by atoms with E-state index in [0.717, 1.165) is 36.9 Å². The van der Waals surface area contributed by atoms with Crippen molar-refractivity contribution in [2.75, 3.05) is 0 Å². The molecule has 1 aromatic carbocycles. The molecule has 4 heteroatoms. The molecule has 18 heavy (non-hydrogen) atoms. The lowest BCUT2D eigenvalue weighted by molar-refractivity contribution is 0.459. The Hall–Kier alpha value is -1.81. The molecule has 1 saturated carbocycles. The van der Waals surface area contributed by atoms with Crippen LogP contribution in [0.2, 0.25) is 0 Å². The van der Waals surface area contributed by atoms with Gasteiger partial charge in [0.25, 0.3) is 0 Å². The quantitative estimate of drug-likeness (QED) is 0.846. The van der Waals surface area contributed by atoms with Gasteiger partial charge in [-0.2, -0.15) is 0 Å². The molecule has 3 rings (SSSR count). The summed E-state index contributed by atoms with van der Waals surface area (Å²) in [5.74, 6) is 0. The molecule has 0 amide bonds. The summed E-state index contributed by atoms with van der Waals surface area (Å²) in [7, 11) is 0. The minimum atomic E-state index is -0.284. The summed E-state index contributed by atoms with van der Waals surface area (Å²) >= 11 is 0. The smallest absolute Gasteiger partial charge is 0.321 e. The van der Waals surface area contributed by atoms with Gasteiger partial charge in [-0.25, -0.2) is 4.79 Å². The van der Waals surface area contributed by atoms with Crippen molar-refractivity contribution in [1.82, 2.24) is 9.55 Å². The van der Waals surface area contributed by atoms with Crippen molar-refractivity contribution in [3.63, 3.8) is 0 Å². The first-order valence-corrected chi connectivity index (χ1v) is 6.35. The fraction of sp³-hybridized carbons (Fsp3) is 0.357. The summed E-state index contributed by atoms with van der Waals surface area (Å²) in [6.07, 6.45) is 7.70. The standard InChI is InChI=1S/C14H17N3O/c15-14(7-3-4-8-14)11-5-1-2-6-12(11)17-10-9-16-13(17)18/h1-2,5-6,9-10H,3-4,7-8,15H2,(H,16,18). The second-order valence-electron chi connectivity index (χ2n) is 5.02. The molecule has 1 aliphatic rings. The van der Waals surface area contributed by atoms with Gasteiger partial charge in [-0.15, -0.1) is 0 Å². The molecule has 94 valence electrons. The summed E-state index contributed by atoms with van der Waals surface area (Å²) in [6, 6.07) is 7.93. The van der Waals surface area contributed by atoms with E-state index < -0.39 is 0 Å². The molecule has 1 aliphatic carbocycles.